The highest BCUT2D eigenvalue weighted by molar-refractivity contribution is 6.32. The van der Waals surface area contributed by atoms with Gasteiger partial charge in [0.1, 0.15) is 30.5 Å². The van der Waals surface area contributed by atoms with E-state index in [1.54, 1.807) is 30.3 Å². The molecule has 0 fully saturated rings. The van der Waals surface area contributed by atoms with Crippen molar-refractivity contribution >= 4 is 47.3 Å². The molecule has 7 nitrogen and oxygen atoms in total. The number of aliphatic carboxylic acids is 2. The zero-order valence-electron chi connectivity index (χ0n) is 23.5. The number of rotatable bonds is 13. The Balaban J connectivity index is 1.13. The molecular weight excluding hydrogens is 603 g/mol. The monoisotopic (exact) mass is 630 g/mol. The number of carboxylic acid groups (broad SMARTS) is 2. The van der Waals surface area contributed by atoms with E-state index in [1.807, 2.05) is 24.3 Å². The number of ether oxygens (including phenoxy) is 3. The fourth-order valence-electron chi connectivity index (χ4n) is 4.88. The van der Waals surface area contributed by atoms with Gasteiger partial charge in [-0.1, -0.05) is 77.8 Å². The van der Waals surface area contributed by atoms with Gasteiger partial charge in [0.2, 0.25) is 0 Å². The van der Waals surface area contributed by atoms with Crippen LogP contribution in [-0.2, 0) is 22.4 Å². The van der Waals surface area contributed by atoms with Crippen LogP contribution in [0.25, 0.3) is 23.3 Å². The molecule has 0 bridgehead atoms. The maximum absolute atomic E-state index is 10.9. The Morgan fingerprint density at radius 1 is 0.682 bits per heavy atom. The number of benzene rings is 4. The van der Waals surface area contributed by atoms with Gasteiger partial charge in [0.15, 0.2) is 6.61 Å². The summed E-state index contributed by atoms with van der Waals surface area (Å²) in [6.07, 6.45) is 8.60. The third kappa shape index (κ3) is 8.01. The number of fused-ring (bicyclic) bond motifs is 3. The number of halogens is 2. The predicted octanol–water partition coefficient (Wildman–Crippen LogP) is 7.84. The first-order valence-electron chi connectivity index (χ1n) is 13.7. The topological polar surface area (TPSA) is 102 Å². The van der Waals surface area contributed by atoms with Gasteiger partial charge in [-0.05, 0) is 81.8 Å². The van der Waals surface area contributed by atoms with Gasteiger partial charge in [0.25, 0.3) is 0 Å². The third-order valence-corrected chi connectivity index (χ3v) is 7.43. The van der Waals surface area contributed by atoms with E-state index in [2.05, 4.69) is 36.4 Å². The number of carbonyl (C=O) groups is 2. The standard InChI is InChI=1S/C35H28Cl2O7/c36-30-17-24(18-34(38)39)7-11-32(30)42-13-1-3-22-5-9-28-25(15-22)19-26-16-23(6-10-29(26)28)4-2-14-43-33-12-8-27(20-31(33)37)44-21-35(40)41/h1-12,15-17,20H,13-14,18-19,21H2,(H,38,39)(H,40,41)/b3-1+,4-2-. The van der Waals surface area contributed by atoms with Gasteiger partial charge >= 0.3 is 11.9 Å². The minimum Gasteiger partial charge on any atom is -0.488 e. The summed E-state index contributed by atoms with van der Waals surface area (Å²) in [7, 11) is 0. The number of hydrogen-bond acceptors (Lipinski definition) is 5. The summed E-state index contributed by atoms with van der Waals surface area (Å²) in [5.74, 6) is -0.618. The average molecular weight is 632 g/mol. The molecule has 0 saturated carbocycles. The van der Waals surface area contributed by atoms with Crippen molar-refractivity contribution in [3.05, 3.63) is 123 Å². The molecule has 224 valence electrons. The summed E-state index contributed by atoms with van der Waals surface area (Å²) in [4.78, 5) is 21.5. The van der Waals surface area contributed by atoms with Gasteiger partial charge in [-0.3, -0.25) is 4.79 Å². The van der Waals surface area contributed by atoms with Crippen molar-refractivity contribution in [1.82, 2.24) is 0 Å². The summed E-state index contributed by atoms with van der Waals surface area (Å²) >= 11 is 12.5. The second-order valence-electron chi connectivity index (χ2n) is 10.0. The zero-order chi connectivity index (χ0) is 31.1. The Morgan fingerprint density at radius 2 is 1.25 bits per heavy atom. The lowest BCUT2D eigenvalue weighted by atomic mass is 10.0. The first-order valence-corrected chi connectivity index (χ1v) is 14.5. The highest BCUT2D eigenvalue weighted by Crippen LogP contribution is 2.38. The van der Waals surface area contributed by atoms with Crippen LogP contribution in [0.4, 0.5) is 0 Å². The van der Waals surface area contributed by atoms with E-state index in [1.165, 1.54) is 28.3 Å². The minimum absolute atomic E-state index is 0.0855. The summed E-state index contributed by atoms with van der Waals surface area (Å²) in [5, 5.41) is 18.4. The van der Waals surface area contributed by atoms with Crippen molar-refractivity contribution in [2.75, 3.05) is 19.8 Å². The van der Waals surface area contributed by atoms with Crippen molar-refractivity contribution in [3.63, 3.8) is 0 Å². The molecule has 5 rings (SSSR count). The molecule has 0 amide bonds. The van der Waals surface area contributed by atoms with Crippen LogP contribution in [0.1, 0.15) is 27.8 Å². The molecule has 0 aliphatic heterocycles. The Kier molecular flexibility index (Phi) is 9.89. The predicted molar refractivity (Wildman–Crippen MR) is 171 cm³/mol. The Labute approximate surface area is 264 Å². The molecule has 0 atom stereocenters. The summed E-state index contributed by atoms with van der Waals surface area (Å²) in [6, 6.07) is 22.6. The normalized spacial score (nSPS) is 11.9. The SMILES string of the molecule is O=C(O)COc1ccc(OC/C=C\c2ccc3c(c2)Cc2cc(/C=C/COc4ccc(CC(=O)O)cc4Cl)ccc2-3)c(Cl)c1. The molecule has 0 radical (unpaired) electrons. The Hall–Kier alpha value is -4.72. The lowest BCUT2D eigenvalue weighted by molar-refractivity contribution is -0.139. The Morgan fingerprint density at radius 3 is 1.77 bits per heavy atom. The van der Waals surface area contributed by atoms with Gasteiger partial charge < -0.3 is 24.4 Å². The summed E-state index contributed by atoms with van der Waals surface area (Å²) in [5.41, 5.74) is 7.73. The molecule has 0 saturated heterocycles. The van der Waals surface area contributed by atoms with Crippen molar-refractivity contribution in [2.24, 2.45) is 0 Å². The molecule has 44 heavy (non-hydrogen) atoms. The first kappa shape index (κ1) is 30.7. The van der Waals surface area contributed by atoms with Crippen molar-refractivity contribution in [3.8, 4) is 28.4 Å². The van der Waals surface area contributed by atoms with Crippen LogP contribution in [0, 0.1) is 0 Å². The smallest absolute Gasteiger partial charge is 0.341 e. The molecule has 1 aliphatic carbocycles. The van der Waals surface area contributed by atoms with Crippen molar-refractivity contribution < 1.29 is 34.0 Å². The molecule has 0 aromatic heterocycles. The number of hydrogen-bond donors (Lipinski definition) is 2. The van der Waals surface area contributed by atoms with Gasteiger partial charge in [-0.25, -0.2) is 4.79 Å². The highest BCUT2D eigenvalue weighted by Gasteiger charge is 2.18. The van der Waals surface area contributed by atoms with Gasteiger partial charge in [-0.15, -0.1) is 0 Å². The van der Waals surface area contributed by atoms with Crippen LogP contribution >= 0.6 is 23.2 Å². The molecule has 9 heteroatoms. The van der Waals surface area contributed by atoms with Crippen LogP contribution in [0.2, 0.25) is 10.0 Å². The fraction of sp³-hybridized carbons (Fsp3) is 0.143. The highest BCUT2D eigenvalue weighted by atomic mass is 35.5. The van der Waals surface area contributed by atoms with Gasteiger partial charge in [0.05, 0.1) is 16.5 Å². The van der Waals surface area contributed by atoms with Crippen LogP contribution < -0.4 is 14.2 Å². The second-order valence-corrected chi connectivity index (χ2v) is 10.9. The Bertz CT molecular complexity index is 1760. The average Bonchev–Trinajstić information content (AvgIpc) is 3.35. The second kappa shape index (κ2) is 14.2. The van der Waals surface area contributed by atoms with Crippen molar-refractivity contribution in [2.45, 2.75) is 12.8 Å². The van der Waals surface area contributed by atoms with E-state index in [4.69, 9.17) is 47.6 Å². The molecule has 4 aromatic carbocycles. The van der Waals surface area contributed by atoms with Crippen LogP contribution in [0.3, 0.4) is 0 Å². The summed E-state index contributed by atoms with van der Waals surface area (Å²) < 4.78 is 16.6. The van der Waals surface area contributed by atoms with E-state index in [0.29, 0.717) is 46.1 Å². The lowest BCUT2D eigenvalue weighted by Gasteiger charge is -2.08. The van der Waals surface area contributed by atoms with Gasteiger partial charge in [0, 0.05) is 6.07 Å². The van der Waals surface area contributed by atoms with E-state index < -0.39 is 18.5 Å². The summed E-state index contributed by atoms with van der Waals surface area (Å²) in [6.45, 7) is 0.201. The van der Waals surface area contributed by atoms with Gasteiger partial charge in [-0.2, -0.15) is 0 Å². The number of carboxylic acids is 2. The van der Waals surface area contributed by atoms with E-state index in [-0.39, 0.29) is 6.42 Å². The first-order chi connectivity index (χ1) is 21.2. The van der Waals surface area contributed by atoms with Crippen LogP contribution in [-0.4, -0.2) is 42.0 Å². The van der Waals surface area contributed by atoms with Crippen molar-refractivity contribution in [1.29, 1.82) is 0 Å². The van der Waals surface area contributed by atoms with E-state index in [9.17, 15) is 9.59 Å². The molecule has 0 unspecified atom stereocenters. The van der Waals surface area contributed by atoms with E-state index >= 15 is 0 Å². The van der Waals surface area contributed by atoms with Crippen LogP contribution in [0.5, 0.6) is 17.2 Å². The molecule has 0 heterocycles. The molecular formula is C35H28Cl2O7. The fourth-order valence-corrected chi connectivity index (χ4v) is 5.36. The zero-order valence-corrected chi connectivity index (χ0v) is 25.0. The molecule has 2 N–H and O–H groups in total. The maximum Gasteiger partial charge on any atom is 0.341 e. The van der Waals surface area contributed by atoms with E-state index in [0.717, 1.165) is 17.5 Å². The molecule has 4 aromatic rings. The maximum atomic E-state index is 10.9. The lowest BCUT2D eigenvalue weighted by Crippen LogP contribution is -2.09. The third-order valence-electron chi connectivity index (χ3n) is 6.84. The minimum atomic E-state index is -1.06. The molecule has 1 aliphatic rings. The quantitative estimate of drug-likeness (QED) is 0.137. The largest absolute Gasteiger partial charge is 0.488 e. The molecule has 0 spiro atoms. The van der Waals surface area contributed by atoms with Crippen LogP contribution in [0.15, 0.2) is 84.9 Å².